The fourth-order valence-corrected chi connectivity index (χ4v) is 1.16. The highest BCUT2D eigenvalue weighted by atomic mass is 35.5. The fourth-order valence-electron chi connectivity index (χ4n) is 1.03. The molecule has 0 rings (SSSR count). The third kappa shape index (κ3) is 8.28. The second-order valence-corrected chi connectivity index (χ2v) is 3.16. The summed E-state index contributed by atoms with van der Waals surface area (Å²) in [5.74, 6) is 0.704. The summed E-state index contributed by atoms with van der Waals surface area (Å²) in [4.78, 5) is 0. The van der Waals surface area contributed by atoms with Gasteiger partial charge in [-0.25, -0.2) is 0 Å². The molecule has 0 aliphatic heterocycles. The Bertz CT molecular complexity index is 122. The first-order chi connectivity index (χ1) is 6.35. The van der Waals surface area contributed by atoms with Crippen LogP contribution >= 0.6 is 11.6 Å². The van der Waals surface area contributed by atoms with Crippen molar-refractivity contribution in [3.05, 3.63) is 12.2 Å². The molecular weight excluding hydrogens is 188 g/mol. The van der Waals surface area contributed by atoms with Gasteiger partial charge in [0.15, 0.2) is 6.29 Å². The predicted octanol–water partition coefficient (Wildman–Crippen LogP) is 2.96. The molecule has 13 heavy (non-hydrogen) atoms. The molecule has 0 amide bonds. The van der Waals surface area contributed by atoms with Gasteiger partial charge in [-0.15, -0.1) is 11.6 Å². The maximum Gasteiger partial charge on any atom is 0.156 e. The van der Waals surface area contributed by atoms with Crippen LogP contribution in [-0.4, -0.2) is 26.4 Å². The summed E-state index contributed by atoms with van der Waals surface area (Å²) in [7, 11) is 3.33. The molecule has 0 bridgehead atoms. The molecule has 3 heteroatoms. The molecule has 0 unspecified atom stereocenters. The van der Waals surface area contributed by atoms with Crippen molar-refractivity contribution in [2.45, 2.75) is 32.0 Å². The number of hydrogen-bond donors (Lipinski definition) is 0. The van der Waals surface area contributed by atoms with Crippen LogP contribution in [0.4, 0.5) is 0 Å². The van der Waals surface area contributed by atoms with E-state index in [0.29, 0.717) is 5.88 Å². The van der Waals surface area contributed by atoms with Crippen LogP contribution in [0.25, 0.3) is 0 Å². The van der Waals surface area contributed by atoms with E-state index < -0.39 is 0 Å². The Hall–Kier alpha value is -0.0500. The zero-order valence-electron chi connectivity index (χ0n) is 8.46. The minimum Gasteiger partial charge on any atom is -0.356 e. The van der Waals surface area contributed by atoms with Gasteiger partial charge in [0.05, 0.1) is 0 Å². The standard InChI is InChI=1S/C10H19ClO2/c1-12-10(13-2)8-6-4-3-5-7-9-11/h3,5,10H,4,6-9H2,1-2H3/b5-3-. The van der Waals surface area contributed by atoms with Gasteiger partial charge in [-0.05, 0) is 25.7 Å². The number of alkyl halides is 1. The van der Waals surface area contributed by atoms with Gasteiger partial charge < -0.3 is 9.47 Å². The maximum atomic E-state index is 5.52. The predicted molar refractivity (Wildman–Crippen MR) is 56.1 cm³/mol. The van der Waals surface area contributed by atoms with Crippen LogP contribution in [0, 0.1) is 0 Å². The van der Waals surface area contributed by atoms with Crippen LogP contribution in [0.15, 0.2) is 12.2 Å². The Morgan fingerprint density at radius 3 is 2.31 bits per heavy atom. The van der Waals surface area contributed by atoms with Crippen LogP contribution in [-0.2, 0) is 9.47 Å². The Morgan fingerprint density at radius 2 is 1.77 bits per heavy atom. The highest BCUT2D eigenvalue weighted by molar-refractivity contribution is 6.17. The normalized spacial score (nSPS) is 11.7. The van der Waals surface area contributed by atoms with E-state index in [1.165, 1.54) is 0 Å². The van der Waals surface area contributed by atoms with Gasteiger partial charge in [0.1, 0.15) is 0 Å². The molecule has 0 spiro atoms. The molecule has 78 valence electrons. The lowest BCUT2D eigenvalue weighted by Crippen LogP contribution is -2.12. The molecule has 0 heterocycles. The topological polar surface area (TPSA) is 18.5 Å². The van der Waals surface area contributed by atoms with Gasteiger partial charge in [0.25, 0.3) is 0 Å². The summed E-state index contributed by atoms with van der Waals surface area (Å²) in [6.07, 6.45) is 8.27. The zero-order valence-corrected chi connectivity index (χ0v) is 9.22. The lowest BCUT2D eigenvalue weighted by atomic mass is 10.2. The average molecular weight is 207 g/mol. The molecule has 0 aromatic heterocycles. The van der Waals surface area contributed by atoms with Gasteiger partial charge in [0, 0.05) is 20.1 Å². The molecule has 0 radical (unpaired) electrons. The number of rotatable bonds is 8. The van der Waals surface area contributed by atoms with Crippen LogP contribution in [0.3, 0.4) is 0 Å². The lowest BCUT2D eigenvalue weighted by molar-refractivity contribution is -0.106. The molecule has 0 N–H and O–H groups in total. The molecular formula is C10H19ClO2. The minimum absolute atomic E-state index is 0.0542. The van der Waals surface area contributed by atoms with Crippen molar-refractivity contribution >= 4 is 11.6 Å². The quantitative estimate of drug-likeness (QED) is 0.263. The van der Waals surface area contributed by atoms with Gasteiger partial charge in [0.2, 0.25) is 0 Å². The van der Waals surface area contributed by atoms with Crippen molar-refractivity contribution in [1.82, 2.24) is 0 Å². The largest absolute Gasteiger partial charge is 0.356 e. The third-order valence-electron chi connectivity index (χ3n) is 1.78. The molecule has 2 nitrogen and oxygen atoms in total. The number of hydrogen-bond acceptors (Lipinski definition) is 2. The number of halogens is 1. The summed E-state index contributed by atoms with van der Waals surface area (Å²) in [5.41, 5.74) is 0. The van der Waals surface area contributed by atoms with Gasteiger partial charge in [-0.3, -0.25) is 0 Å². The van der Waals surface area contributed by atoms with Gasteiger partial charge in [-0.1, -0.05) is 12.2 Å². The summed E-state index contributed by atoms with van der Waals surface area (Å²) < 4.78 is 10.1. The Morgan fingerprint density at radius 1 is 1.15 bits per heavy atom. The van der Waals surface area contributed by atoms with E-state index in [2.05, 4.69) is 12.2 Å². The third-order valence-corrected chi connectivity index (χ3v) is 2.00. The van der Waals surface area contributed by atoms with Crippen molar-refractivity contribution in [1.29, 1.82) is 0 Å². The average Bonchev–Trinajstić information content (AvgIpc) is 2.17. The molecule has 0 aliphatic carbocycles. The van der Waals surface area contributed by atoms with Crippen molar-refractivity contribution in [2.24, 2.45) is 0 Å². The Kier molecular flexibility index (Phi) is 10.00. The highest BCUT2D eigenvalue weighted by Gasteiger charge is 2.02. The zero-order chi connectivity index (χ0) is 9.94. The van der Waals surface area contributed by atoms with E-state index in [4.69, 9.17) is 21.1 Å². The second kappa shape index (κ2) is 10.0. The van der Waals surface area contributed by atoms with E-state index in [1.807, 2.05) is 0 Å². The lowest BCUT2D eigenvalue weighted by Gasteiger charge is -2.11. The SMILES string of the molecule is COC(CCC/C=C\CCCl)OC. The molecule has 0 aromatic carbocycles. The molecule has 0 aromatic rings. The highest BCUT2D eigenvalue weighted by Crippen LogP contribution is 2.05. The molecule has 0 aliphatic rings. The van der Waals surface area contributed by atoms with Crippen molar-refractivity contribution < 1.29 is 9.47 Å². The molecule has 0 fully saturated rings. The van der Waals surface area contributed by atoms with Crippen LogP contribution in [0.5, 0.6) is 0 Å². The van der Waals surface area contributed by atoms with E-state index >= 15 is 0 Å². The van der Waals surface area contributed by atoms with E-state index in [1.54, 1.807) is 14.2 Å². The smallest absolute Gasteiger partial charge is 0.156 e. The van der Waals surface area contributed by atoms with Crippen LogP contribution in [0.1, 0.15) is 25.7 Å². The summed E-state index contributed by atoms with van der Waals surface area (Å²) in [5, 5.41) is 0. The van der Waals surface area contributed by atoms with Crippen LogP contribution < -0.4 is 0 Å². The molecule has 0 saturated heterocycles. The maximum absolute atomic E-state index is 5.52. The van der Waals surface area contributed by atoms with Crippen molar-refractivity contribution in [3.63, 3.8) is 0 Å². The summed E-state index contributed by atoms with van der Waals surface area (Å²) >= 11 is 5.52. The Balaban J connectivity index is 3.23. The second-order valence-electron chi connectivity index (χ2n) is 2.78. The fraction of sp³-hybridized carbons (Fsp3) is 0.800. The Labute approximate surface area is 85.9 Å². The van der Waals surface area contributed by atoms with Crippen molar-refractivity contribution in [3.8, 4) is 0 Å². The number of unbranched alkanes of at least 4 members (excludes halogenated alkanes) is 1. The molecule has 0 saturated carbocycles. The van der Waals surface area contributed by atoms with Crippen LogP contribution in [0.2, 0.25) is 0 Å². The number of allylic oxidation sites excluding steroid dienone is 2. The van der Waals surface area contributed by atoms with E-state index in [-0.39, 0.29) is 6.29 Å². The summed E-state index contributed by atoms with van der Waals surface area (Å²) in [6.45, 7) is 0. The van der Waals surface area contributed by atoms with Gasteiger partial charge >= 0.3 is 0 Å². The number of methoxy groups -OCH3 is 2. The van der Waals surface area contributed by atoms with Crippen molar-refractivity contribution in [2.75, 3.05) is 20.1 Å². The number of ether oxygens (including phenoxy) is 2. The first-order valence-corrected chi connectivity index (χ1v) is 5.15. The monoisotopic (exact) mass is 206 g/mol. The van der Waals surface area contributed by atoms with Gasteiger partial charge in [-0.2, -0.15) is 0 Å². The first-order valence-electron chi connectivity index (χ1n) is 4.61. The first kappa shape index (κ1) is 12.9. The van der Waals surface area contributed by atoms with E-state index in [0.717, 1.165) is 25.7 Å². The summed E-state index contributed by atoms with van der Waals surface area (Å²) in [6, 6.07) is 0. The van der Waals surface area contributed by atoms with E-state index in [9.17, 15) is 0 Å². The molecule has 0 atom stereocenters. The minimum atomic E-state index is -0.0542.